The second-order valence-corrected chi connectivity index (χ2v) is 7.37. The summed E-state index contributed by atoms with van der Waals surface area (Å²) in [6.07, 6.45) is 7.49. The maximum absolute atomic E-state index is 6.08. The van der Waals surface area contributed by atoms with Gasteiger partial charge in [-0.2, -0.15) is 0 Å². The van der Waals surface area contributed by atoms with E-state index in [0.29, 0.717) is 11.9 Å². The van der Waals surface area contributed by atoms with Crippen molar-refractivity contribution in [3.63, 3.8) is 0 Å². The van der Waals surface area contributed by atoms with Crippen LogP contribution in [0.25, 0.3) is 0 Å². The molecule has 0 radical (unpaired) electrons. The van der Waals surface area contributed by atoms with Gasteiger partial charge >= 0.3 is 0 Å². The van der Waals surface area contributed by atoms with E-state index in [0.717, 1.165) is 36.7 Å². The fourth-order valence-corrected chi connectivity index (χ4v) is 4.23. The maximum Gasteiger partial charge on any atom is 0.142 e. The highest BCUT2D eigenvalue weighted by atomic mass is 15.4. The van der Waals surface area contributed by atoms with Gasteiger partial charge < -0.3 is 15.5 Å². The average Bonchev–Trinajstić information content (AvgIpc) is 3.19. The third kappa shape index (κ3) is 3.02. The lowest BCUT2D eigenvalue weighted by atomic mass is 10.00. The molecule has 1 aliphatic carbocycles. The van der Waals surface area contributed by atoms with Crippen LogP contribution in [0, 0.1) is 6.92 Å². The number of nitrogens with zero attached hydrogens (tertiary/aromatic N) is 4. The fourth-order valence-electron chi connectivity index (χ4n) is 4.23. The molecule has 5 nitrogen and oxygen atoms in total. The van der Waals surface area contributed by atoms with Crippen molar-refractivity contribution in [2.75, 3.05) is 17.2 Å². The quantitative estimate of drug-likeness (QED) is 0.913. The normalized spacial score (nSPS) is 17.2. The van der Waals surface area contributed by atoms with E-state index in [4.69, 9.17) is 5.73 Å². The lowest BCUT2D eigenvalue weighted by molar-refractivity contribution is 0.306. The van der Waals surface area contributed by atoms with Gasteiger partial charge in [-0.25, -0.2) is 9.97 Å². The Labute approximate surface area is 155 Å². The third-order valence-electron chi connectivity index (χ3n) is 5.79. The minimum absolute atomic E-state index is 0.438. The van der Waals surface area contributed by atoms with Crippen molar-refractivity contribution in [1.29, 1.82) is 0 Å². The van der Waals surface area contributed by atoms with Crippen LogP contribution in [0.3, 0.4) is 0 Å². The van der Waals surface area contributed by atoms with E-state index in [9.17, 15) is 0 Å². The Balaban J connectivity index is 1.66. The number of fused-ring (bicyclic) bond motifs is 1. The van der Waals surface area contributed by atoms with Gasteiger partial charge in [0, 0.05) is 24.7 Å². The number of hydrogen-bond donors (Lipinski definition) is 1. The van der Waals surface area contributed by atoms with Crippen LogP contribution in [-0.4, -0.2) is 27.5 Å². The fraction of sp³-hybridized carbons (Fsp3) is 0.429. The first-order valence-electron chi connectivity index (χ1n) is 9.52. The monoisotopic (exact) mass is 349 g/mol. The molecule has 2 N–H and O–H groups in total. The van der Waals surface area contributed by atoms with Gasteiger partial charge in [-0.15, -0.1) is 0 Å². The van der Waals surface area contributed by atoms with Crippen molar-refractivity contribution in [3.05, 3.63) is 59.7 Å². The van der Waals surface area contributed by atoms with Gasteiger partial charge in [-0.05, 0) is 37.3 Å². The molecule has 1 aliphatic heterocycles. The van der Waals surface area contributed by atoms with Gasteiger partial charge in [0.1, 0.15) is 23.8 Å². The van der Waals surface area contributed by atoms with Crippen molar-refractivity contribution < 1.29 is 0 Å². The SMILES string of the molecule is C=C(N1CCc2ccccc2C1)N(c1ncnc(N)c1C)C1CCCC1. The van der Waals surface area contributed by atoms with Crippen molar-refractivity contribution in [3.8, 4) is 0 Å². The van der Waals surface area contributed by atoms with E-state index in [1.54, 1.807) is 6.33 Å². The van der Waals surface area contributed by atoms with Gasteiger partial charge in [0.15, 0.2) is 0 Å². The first kappa shape index (κ1) is 16.9. The van der Waals surface area contributed by atoms with Crippen LogP contribution in [0.4, 0.5) is 11.6 Å². The number of hydrogen-bond acceptors (Lipinski definition) is 5. The second-order valence-electron chi connectivity index (χ2n) is 7.37. The Bertz CT molecular complexity index is 810. The van der Waals surface area contributed by atoms with Crippen molar-refractivity contribution >= 4 is 11.6 Å². The predicted molar refractivity (Wildman–Crippen MR) is 106 cm³/mol. The van der Waals surface area contributed by atoms with Gasteiger partial charge in [0.05, 0.1) is 0 Å². The highest BCUT2D eigenvalue weighted by Crippen LogP contribution is 2.35. The molecule has 0 spiro atoms. The molecule has 2 aromatic rings. The van der Waals surface area contributed by atoms with Crippen LogP contribution >= 0.6 is 0 Å². The molecule has 2 heterocycles. The molecule has 4 rings (SSSR count). The average molecular weight is 349 g/mol. The molecule has 136 valence electrons. The Morgan fingerprint density at radius 2 is 1.92 bits per heavy atom. The summed E-state index contributed by atoms with van der Waals surface area (Å²) in [5.74, 6) is 2.50. The van der Waals surface area contributed by atoms with E-state index in [-0.39, 0.29) is 0 Å². The van der Waals surface area contributed by atoms with E-state index in [2.05, 4.69) is 50.6 Å². The lowest BCUT2D eigenvalue weighted by Crippen LogP contribution is -2.43. The number of nitrogen functional groups attached to an aromatic ring is 1. The summed E-state index contributed by atoms with van der Waals surface area (Å²) in [6, 6.07) is 9.14. The highest BCUT2D eigenvalue weighted by Gasteiger charge is 2.31. The number of aromatic nitrogens is 2. The summed E-state index contributed by atoms with van der Waals surface area (Å²) < 4.78 is 0. The van der Waals surface area contributed by atoms with Gasteiger partial charge in [0.2, 0.25) is 0 Å². The molecule has 26 heavy (non-hydrogen) atoms. The standard InChI is InChI=1S/C21H27N5/c1-15-20(22)23-14-24-21(15)26(19-9-5-6-10-19)16(2)25-12-11-17-7-3-4-8-18(17)13-25/h3-4,7-8,14,19H,2,5-6,9-13H2,1H3,(H2,22,23,24). The molecule has 0 unspecified atom stereocenters. The van der Waals surface area contributed by atoms with Crippen LogP contribution in [-0.2, 0) is 13.0 Å². The van der Waals surface area contributed by atoms with Crippen molar-refractivity contribution in [2.45, 2.75) is 51.6 Å². The van der Waals surface area contributed by atoms with E-state index < -0.39 is 0 Å². The lowest BCUT2D eigenvalue weighted by Gasteiger charge is -2.40. The Hall–Kier alpha value is -2.56. The van der Waals surface area contributed by atoms with Gasteiger partial charge in [-0.1, -0.05) is 43.7 Å². The molecular weight excluding hydrogens is 322 g/mol. The molecule has 0 amide bonds. The summed E-state index contributed by atoms with van der Waals surface area (Å²) in [5, 5.41) is 0. The zero-order chi connectivity index (χ0) is 18.1. The zero-order valence-electron chi connectivity index (χ0n) is 15.5. The summed E-state index contributed by atoms with van der Waals surface area (Å²) in [4.78, 5) is 13.5. The maximum atomic E-state index is 6.08. The van der Waals surface area contributed by atoms with Crippen LogP contribution in [0.2, 0.25) is 0 Å². The number of rotatable bonds is 4. The van der Waals surface area contributed by atoms with Crippen LogP contribution in [0.5, 0.6) is 0 Å². The van der Waals surface area contributed by atoms with Gasteiger partial charge in [0.25, 0.3) is 0 Å². The highest BCUT2D eigenvalue weighted by molar-refractivity contribution is 5.59. The first-order chi connectivity index (χ1) is 12.6. The molecule has 2 aliphatic rings. The van der Waals surface area contributed by atoms with Crippen LogP contribution < -0.4 is 10.6 Å². The summed E-state index contributed by atoms with van der Waals surface area (Å²) >= 11 is 0. The zero-order valence-corrected chi connectivity index (χ0v) is 15.5. The van der Waals surface area contributed by atoms with E-state index in [1.165, 1.54) is 36.8 Å². The second kappa shape index (κ2) is 6.98. The van der Waals surface area contributed by atoms with Crippen molar-refractivity contribution in [2.24, 2.45) is 0 Å². The number of benzene rings is 1. The third-order valence-corrected chi connectivity index (χ3v) is 5.79. The molecule has 1 saturated carbocycles. The Morgan fingerprint density at radius 1 is 1.19 bits per heavy atom. The Kier molecular flexibility index (Phi) is 4.53. The largest absolute Gasteiger partial charge is 0.383 e. The Morgan fingerprint density at radius 3 is 2.69 bits per heavy atom. The molecule has 1 aromatic heterocycles. The molecule has 0 atom stereocenters. The molecule has 0 bridgehead atoms. The van der Waals surface area contributed by atoms with Crippen LogP contribution in [0.1, 0.15) is 42.4 Å². The molecule has 5 heteroatoms. The molecule has 0 saturated heterocycles. The molecular formula is C21H27N5. The first-order valence-corrected chi connectivity index (χ1v) is 9.52. The van der Waals surface area contributed by atoms with Crippen molar-refractivity contribution in [1.82, 2.24) is 14.9 Å². The summed E-state index contributed by atoms with van der Waals surface area (Å²) in [6.45, 7) is 8.38. The minimum Gasteiger partial charge on any atom is -0.383 e. The molecule has 1 fully saturated rings. The summed E-state index contributed by atoms with van der Waals surface area (Å²) in [5.41, 5.74) is 9.86. The predicted octanol–water partition coefficient (Wildman–Crippen LogP) is 3.65. The smallest absolute Gasteiger partial charge is 0.142 e. The van der Waals surface area contributed by atoms with E-state index in [1.807, 2.05) is 6.92 Å². The van der Waals surface area contributed by atoms with Crippen LogP contribution in [0.15, 0.2) is 43.0 Å². The number of nitrogens with two attached hydrogens (primary N) is 1. The summed E-state index contributed by atoms with van der Waals surface area (Å²) in [7, 11) is 0. The molecule has 1 aromatic carbocycles. The van der Waals surface area contributed by atoms with E-state index >= 15 is 0 Å². The minimum atomic E-state index is 0.438. The number of anilines is 2. The van der Waals surface area contributed by atoms with Gasteiger partial charge in [-0.3, -0.25) is 0 Å². The topological polar surface area (TPSA) is 58.3 Å².